The standard InChI is InChI=1S/C13H14BrFN2O3/c14-9-3-1-2-7(11(9)15)5-17-12-8(6-19-13(12)18)10(4-16)20-17/h1-3,8,10,12H,4-6,16H2/t8-,10?,12+/m1/s1. The molecule has 0 saturated carbocycles. The van der Waals surface area contributed by atoms with Crippen molar-refractivity contribution >= 4 is 21.9 Å². The zero-order chi connectivity index (χ0) is 14.3. The van der Waals surface area contributed by atoms with Gasteiger partial charge in [-0.3, -0.25) is 9.63 Å². The predicted octanol–water partition coefficient (Wildman–Crippen LogP) is 1.20. The third-order valence-electron chi connectivity index (χ3n) is 3.71. The van der Waals surface area contributed by atoms with Crippen LogP contribution in [0.15, 0.2) is 22.7 Å². The molecule has 1 aromatic carbocycles. The fourth-order valence-electron chi connectivity index (χ4n) is 2.68. The van der Waals surface area contributed by atoms with Gasteiger partial charge in [0.1, 0.15) is 11.9 Å². The minimum absolute atomic E-state index is 0.0808. The van der Waals surface area contributed by atoms with Gasteiger partial charge in [0.15, 0.2) is 0 Å². The Morgan fingerprint density at radius 3 is 3.05 bits per heavy atom. The van der Waals surface area contributed by atoms with Gasteiger partial charge in [-0.15, -0.1) is 0 Å². The Hall–Kier alpha value is -1.02. The van der Waals surface area contributed by atoms with E-state index in [9.17, 15) is 9.18 Å². The second-order valence-electron chi connectivity index (χ2n) is 4.91. The van der Waals surface area contributed by atoms with Crippen molar-refractivity contribution in [3.05, 3.63) is 34.1 Å². The zero-order valence-corrected chi connectivity index (χ0v) is 12.2. The Kier molecular flexibility index (Phi) is 3.76. The van der Waals surface area contributed by atoms with E-state index in [-0.39, 0.29) is 30.4 Å². The molecule has 1 aromatic rings. The quantitative estimate of drug-likeness (QED) is 0.835. The van der Waals surface area contributed by atoms with Crippen LogP contribution in [0.3, 0.4) is 0 Å². The highest BCUT2D eigenvalue weighted by Crippen LogP contribution is 2.34. The lowest BCUT2D eigenvalue weighted by atomic mass is 9.98. The number of fused-ring (bicyclic) bond motifs is 1. The number of nitrogens with zero attached hydrogens (tertiary/aromatic N) is 1. The number of hydrogen-bond donors (Lipinski definition) is 1. The Balaban J connectivity index is 1.83. The maximum absolute atomic E-state index is 14.0. The van der Waals surface area contributed by atoms with E-state index in [2.05, 4.69) is 15.9 Å². The second-order valence-corrected chi connectivity index (χ2v) is 5.76. The summed E-state index contributed by atoms with van der Waals surface area (Å²) in [5.74, 6) is -0.765. The topological polar surface area (TPSA) is 64.8 Å². The van der Waals surface area contributed by atoms with E-state index >= 15 is 0 Å². The fraction of sp³-hybridized carbons (Fsp3) is 0.462. The van der Waals surface area contributed by atoms with Gasteiger partial charge >= 0.3 is 5.97 Å². The first kappa shape index (κ1) is 13.9. The van der Waals surface area contributed by atoms with Crippen LogP contribution in [0.25, 0.3) is 0 Å². The molecular weight excluding hydrogens is 331 g/mol. The number of carbonyl (C=O) groups is 1. The molecule has 0 spiro atoms. The van der Waals surface area contributed by atoms with Crippen molar-refractivity contribution in [3.63, 3.8) is 0 Å². The number of carbonyl (C=O) groups excluding carboxylic acids is 1. The van der Waals surface area contributed by atoms with Crippen molar-refractivity contribution in [1.82, 2.24) is 5.06 Å². The molecule has 2 N–H and O–H groups in total. The average molecular weight is 345 g/mol. The maximum Gasteiger partial charge on any atom is 0.326 e. The Labute approximate surface area is 123 Å². The number of nitrogens with two attached hydrogens (primary N) is 1. The summed E-state index contributed by atoms with van der Waals surface area (Å²) in [5.41, 5.74) is 6.10. The molecule has 0 amide bonds. The maximum atomic E-state index is 14.0. The van der Waals surface area contributed by atoms with Crippen molar-refractivity contribution in [3.8, 4) is 0 Å². The smallest absolute Gasteiger partial charge is 0.326 e. The summed E-state index contributed by atoms with van der Waals surface area (Å²) >= 11 is 3.14. The number of cyclic esters (lactones) is 1. The third-order valence-corrected chi connectivity index (χ3v) is 4.33. The van der Waals surface area contributed by atoms with Crippen LogP contribution in [-0.4, -0.2) is 36.3 Å². The molecular formula is C13H14BrFN2O3. The molecule has 5 nitrogen and oxygen atoms in total. The molecule has 3 rings (SSSR count). The van der Waals surface area contributed by atoms with E-state index in [1.54, 1.807) is 18.2 Å². The van der Waals surface area contributed by atoms with E-state index in [1.165, 1.54) is 5.06 Å². The monoisotopic (exact) mass is 344 g/mol. The lowest BCUT2D eigenvalue weighted by Gasteiger charge is -2.20. The molecule has 3 atom stereocenters. The van der Waals surface area contributed by atoms with Gasteiger partial charge in [0, 0.05) is 12.1 Å². The lowest BCUT2D eigenvalue weighted by Crippen LogP contribution is -2.35. The van der Waals surface area contributed by atoms with Gasteiger partial charge in [-0.05, 0) is 22.0 Å². The normalized spacial score (nSPS) is 29.6. The van der Waals surface area contributed by atoms with Crippen LogP contribution in [0.4, 0.5) is 4.39 Å². The number of hydrogen-bond acceptors (Lipinski definition) is 5. The molecule has 0 radical (unpaired) electrons. The van der Waals surface area contributed by atoms with E-state index in [0.717, 1.165) is 0 Å². The van der Waals surface area contributed by atoms with Gasteiger partial charge in [0.05, 0.1) is 29.6 Å². The van der Waals surface area contributed by atoms with Gasteiger partial charge in [0.25, 0.3) is 0 Å². The van der Waals surface area contributed by atoms with Gasteiger partial charge in [-0.1, -0.05) is 12.1 Å². The van der Waals surface area contributed by atoms with Crippen LogP contribution in [0.5, 0.6) is 0 Å². The molecule has 20 heavy (non-hydrogen) atoms. The van der Waals surface area contributed by atoms with Gasteiger partial charge in [0.2, 0.25) is 0 Å². The Bertz CT molecular complexity index is 542. The van der Waals surface area contributed by atoms with E-state index in [4.69, 9.17) is 15.3 Å². The molecule has 0 aromatic heterocycles. The Morgan fingerprint density at radius 1 is 1.50 bits per heavy atom. The van der Waals surface area contributed by atoms with Crippen molar-refractivity contribution in [2.24, 2.45) is 11.7 Å². The average Bonchev–Trinajstić information content (AvgIpc) is 2.97. The fourth-order valence-corrected chi connectivity index (χ4v) is 3.09. The number of hydroxylamine groups is 2. The number of benzene rings is 1. The molecule has 2 heterocycles. The van der Waals surface area contributed by atoms with Crippen LogP contribution in [0.2, 0.25) is 0 Å². The summed E-state index contributed by atoms with van der Waals surface area (Å²) in [5, 5.41) is 1.49. The minimum atomic E-state index is -0.498. The predicted molar refractivity (Wildman–Crippen MR) is 71.8 cm³/mol. The molecule has 2 aliphatic rings. The lowest BCUT2D eigenvalue weighted by molar-refractivity contribution is -0.186. The van der Waals surface area contributed by atoms with Crippen LogP contribution in [-0.2, 0) is 20.9 Å². The molecule has 2 fully saturated rings. The van der Waals surface area contributed by atoms with Gasteiger partial charge in [-0.25, -0.2) is 4.39 Å². The SMILES string of the molecule is NCC1ON(Cc2cccc(Br)c2F)[C@@H]2C(=O)OC[C@H]12. The van der Waals surface area contributed by atoms with E-state index in [1.807, 2.05) is 0 Å². The first-order chi connectivity index (χ1) is 9.61. The van der Waals surface area contributed by atoms with Crippen LogP contribution < -0.4 is 5.73 Å². The summed E-state index contributed by atoms with van der Waals surface area (Å²) in [4.78, 5) is 17.5. The van der Waals surface area contributed by atoms with E-state index in [0.29, 0.717) is 23.2 Å². The summed E-state index contributed by atoms with van der Waals surface area (Å²) in [7, 11) is 0. The van der Waals surface area contributed by atoms with Gasteiger partial charge < -0.3 is 10.5 Å². The number of rotatable bonds is 3. The van der Waals surface area contributed by atoms with Crippen molar-refractivity contribution in [1.29, 1.82) is 0 Å². The molecule has 0 aliphatic carbocycles. The van der Waals surface area contributed by atoms with Crippen molar-refractivity contribution in [2.45, 2.75) is 18.7 Å². The van der Waals surface area contributed by atoms with Crippen LogP contribution in [0.1, 0.15) is 5.56 Å². The number of esters is 1. The molecule has 2 aliphatic heterocycles. The second kappa shape index (κ2) is 5.40. The minimum Gasteiger partial charge on any atom is -0.464 e. The summed E-state index contributed by atoms with van der Waals surface area (Å²) in [6.45, 7) is 0.788. The highest BCUT2D eigenvalue weighted by Gasteiger charge is 2.52. The first-order valence-electron chi connectivity index (χ1n) is 6.35. The zero-order valence-electron chi connectivity index (χ0n) is 10.6. The molecule has 7 heteroatoms. The summed E-state index contributed by atoms with van der Waals surface area (Å²) in [6.07, 6.45) is -0.262. The largest absolute Gasteiger partial charge is 0.464 e. The number of ether oxygens (including phenoxy) is 1. The summed E-state index contributed by atoms with van der Waals surface area (Å²) in [6, 6.07) is 4.53. The van der Waals surface area contributed by atoms with Crippen molar-refractivity contribution in [2.75, 3.05) is 13.2 Å². The Morgan fingerprint density at radius 2 is 2.30 bits per heavy atom. The third kappa shape index (κ3) is 2.24. The molecule has 108 valence electrons. The van der Waals surface area contributed by atoms with Crippen LogP contribution >= 0.6 is 15.9 Å². The molecule has 0 bridgehead atoms. The number of halogens is 2. The van der Waals surface area contributed by atoms with E-state index < -0.39 is 6.04 Å². The highest BCUT2D eigenvalue weighted by molar-refractivity contribution is 9.10. The van der Waals surface area contributed by atoms with Crippen LogP contribution in [0, 0.1) is 11.7 Å². The molecule has 1 unspecified atom stereocenters. The highest BCUT2D eigenvalue weighted by atomic mass is 79.9. The summed E-state index contributed by atoms with van der Waals surface area (Å²) < 4.78 is 19.4. The van der Waals surface area contributed by atoms with Crippen molar-refractivity contribution < 1.29 is 18.8 Å². The first-order valence-corrected chi connectivity index (χ1v) is 7.14. The van der Waals surface area contributed by atoms with Gasteiger partial charge in [-0.2, -0.15) is 5.06 Å². The molecule has 2 saturated heterocycles.